The molecule has 106 valence electrons. The van der Waals surface area contributed by atoms with E-state index in [9.17, 15) is 4.39 Å². The Hall–Kier alpha value is -1.09. The van der Waals surface area contributed by atoms with E-state index in [-0.39, 0.29) is 11.9 Å². The summed E-state index contributed by atoms with van der Waals surface area (Å²) in [5.41, 5.74) is 8.08. The van der Waals surface area contributed by atoms with Crippen molar-refractivity contribution in [2.45, 2.75) is 39.7 Å². The van der Waals surface area contributed by atoms with Gasteiger partial charge in [-0.25, -0.2) is 4.39 Å². The molecule has 2 N–H and O–H groups in total. The number of nitrogens with zero attached hydrogens (tertiary/aromatic N) is 1. The van der Waals surface area contributed by atoms with E-state index in [1.165, 1.54) is 6.42 Å². The van der Waals surface area contributed by atoms with Crippen LogP contribution in [0.3, 0.4) is 0 Å². The molecule has 1 fully saturated rings. The van der Waals surface area contributed by atoms with E-state index in [1.54, 1.807) is 12.1 Å². The van der Waals surface area contributed by atoms with Gasteiger partial charge < -0.3 is 10.6 Å². The average Bonchev–Trinajstić information content (AvgIpc) is 2.32. The smallest absolute Gasteiger partial charge is 0.123 e. The van der Waals surface area contributed by atoms with Crippen LogP contribution in [0.25, 0.3) is 0 Å². The van der Waals surface area contributed by atoms with Gasteiger partial charge in [-0.1, -0.05) is 13.8 Å². The second-order valence-corrected chi connectivity index (χ2v) is 6.14. The number of halogens is 1. The van der Waals surface area contributed by atoms with E-state index in [1.807, 2.05) is 13.0 Å². The third-order valence-electron chi connectivity index (χ3n) is 4.26. The first-order valence-corrected chi connectivity index (χ1v) is 7.26. The van der Waals surface area contributed by atoms with Crippen LogP contribution in [0.15, 0.2) is 18.2 Å². The maximum Gasteiger partial charge on any atom is 0.123 e. The van der Waals surface area contributed by atoms with Crippen LogP contribution in [-0.2, 0) is 6.42 Å². The lowest BCUT2D eigenvalue weighted by Gasteiger charge is -2.38. The number of hydrogen-bond donors (Lipinski definition) is 1. The summed E-state index contributed by atoms with van der Waals surface area (Å²) < 4.78 is 13.4. The Morgan fingerprint density at radius 1 is 1.37 bits per heavy atom. The van der Waals surface area contributed by atoms with Gasteiger partial charge in [-0.3, -0.25) is 0 Å². The van der Waals surface area contributed by atoms with Gasteiger partial charge in [-0.15, -0.1) is 0 Å². The Kier molecular flexibility index (Phi) is 4.46. The van der Waals surface area contributed by atoms with Crippen LogP contribution in [0, 0.1) is 17.7 Å². The van der Waals surface area contributed by atoms with Crippen LogP contribution >= 0.6 is 0 Å². The molecule has 0 amide bonds. The van der Waals surface area contributed by atoms with E-state index < -0.39 is 0 Å². The second kappa shape index (κ2) is 5.91. The lowest BCUT2D eigenvalue weighted by Crippen LogP contribution is -2.39. The molecule has 1 aliphatic heterocycles. The number of anilines is 1. The topological polar surface area (TPSA) is 29.3 Å². The van der Waals surface area contributed by atoms with Crippen LogP contribution in [0.2, 0.25) is 0 Å². The first-order valence-electron chi connectivity index (χ1n) is 7.26. The molecule has 1 aromatic carbocycles. The molecule has 3 atom stereocenters. The van der Waals surface area contributed by atoms with Gasteiger partial charge in [-0.2, -0.15) is 0 Å². The van der Waals surface area contributed by atoms with Gasteiger partial charge in [0, 0.05) is 24.8 Å². The molecule has 0 saturated carbocycles. The third kappa shape index (κ3) is 3.47. The Balaban J connectivity index is 2.23. The monoisotopic (exact) mass is 264 g/mol. The van der Waals surface area contributed by atoms with E-state index in [0.29, 0.717) is 5.92 Å². The summed E-state index contributed by atoms with van der Waals surface area (Å²) in [4.78, 5) is 2.39. The molecule has 1 heterocycles. The SMILES string of the molecule is CC(N)Cc1cc(F)ccc1N1CCC(C)C(C)C1. The summed E-state index contributed by atoms with van der Waals surface area (Å²) >= 11 is 0. The van der Waals surface area contributed by atoms with E-state index >= 15 is 0 Å². The van der Waals surface area contributed by atoms with E-state index in [4.69, 9.17) is 5.73 Å². The normalized spacial score (nSPS) is 25.4. The second-order valence-electron chi connectivity index (χ2n) is 6.14. The van der Waals surface area contributed by atoms with Crippen LogP contribution in [0.4, 0.5) is 10.1 Å². The maximum absolute atomic E-state index is 13.4. The molecule has 2 rings (SSSR count). The third-order valence-corrected chi connectivity index (χ3v) is 4.26. The molecule has 0 spiro atoms. The minimum Gasteiger partial charge on any atom is -0.371 e. The fraction of sp³-hybridized carbons (Fsp3) is 0.625. The molecule has 0 radical (unpaired) electrons. The quantitative estimate of drug-likeness (QED) is 0.908. The molecule has 0 aromatic heterocycles. The molecule has 3 heteroatoms. The van der Waals surface area contributed by atoms with Crippen LogP contribution in [-0.4, -0.2) is 19.1 Å². The molecule has 0 aliphatic carbocycles. The highest BCUT2D eigenvalue weighted by atomic mass is 19.1. The molecule has 3 unspecified atom stereocenters. The highest BCUT2D eigenvalue weighted by molar-refractivity contribution is 5.54. The number of hydrogen-bond acceptors (Lipinski definition) is 2. The van der Waals surface area contributed by atoms with E-state index in [2.05, 4.69) is 18.7 Å². The van der Waals surface area contributed by atoms with E-state index in [0.717, 1.165) is 36.7 Å². The van der Waals surface area contributed by atoms with Crippen molar-refractivity contribution < 1.29 is 4.39 Å². The minimum absolute atomic E-state index is 0.0571. The number of nitrogens with two attached hydrogens (primary N) is 1. The minimum atomic E-state index is -0.169. The number of rotatable bonds is 3. The van der Waals surface area contributed by atoms with Crippen molar-refractivity contribution in [3.63, 3.8) is 0 Å². The largest absolute Gasteiger partial charge is 0.371 e. The summed E-state index contributed by atoms with van der Waals surface area (Å²) in [5, 5.41) is 0. The zero-order valence-electron chi connectivity index (χ0n) is 12.2. The lowest BCUT2D eigenvalue weighted by molar-refractivity contribution is 0.323. The Morgan fingerprint density at radius 2 is 2.11 bits per heavy atom. The predicted molar refractivity (Wildman–Crippen MR) is 78.9 cm³/mol. The van der Waals surface area contributed by atoms with Crippen LogP contribution < -0.4 is 10.6 Å². The highest BCUT2D eigenvalue weighted by Gasteiger charge is 2.24. The van der Waals surface area contributed by atoms with Gasteiger partial charge in [0.15, 0.2) is 0 Å². The first kappa shape index (κ1) is 14.3. The molecular formula is C16H25FN2. The van der Waals surface area contributed by atoms with Crippen molar-refractivity contribution in [1.29, 1.82) is 0 Å². The maximum atomic E-state index is 13.4. The van der Waals surface area contributed by atoms with Crippen molar-refractivity contribution in [3.8, 4) is 0 Å². The van der Waals surface area contributed by atoms with Crippen molar-refractivity contribution in [3.05, 3.63) is 29.6 Å². The predicted octanol–water partition coefficient (Wildman–Crippen LogP) is 3.20. The molecule has 2 nitrogen and oxygen atoms in total. The van der Waals surface area contributed by atoms with Gasteiger partial charge in [0.05, 0.1) is 0 Å². The van der Waals surface area contributed by atoms with Gasteiger partial charge >= 0.3 is 0 Å². The number of benzene rings is 1. The number of piperidine rings is 1. The molecule has 0 bridgehead atoms. The fourth-order valence-corrected chi connectivity index (χ4v) is 2.85. The van der Waals surface area contributed by atoms with Crippen molar-refractivity contribution in [2.24, 2.45) is 17.6 Å². The first-order chi connectivity index (χ1) is 8.97. The molecule has 1 saturated heterocycles. The van der Waals surface area contributed by atoms with Gasteiger partial charge in [-0.05, 0) is 55.4 Å². The molecule has 1 aliphatic rings. The standard InChI is InChI=1S/C16H25FN2/c1-11-6-7-19(10-12(11)2)16-5-4-15(17)9-14(16)8-13(3)18/h4-5,9,11-13H,6-8,10,18H2,1-3H3. The Labute approximate surface area is 115 Å². The summed E-state index contributed by atoms with van der Waals surface area (Å²) in [6.07, 6.45) is 1.93. The zero-order valence-corrected chi connectivity index (χ0v) is 12.2. The molecule has 1 aromatic rings. The highest BCUT2D eigenvalue weighted by Crippen LogP contribution is 2.30. The summed E-state index contributed by atoms with van der Waals surface area (Å²) in [5.74, 6) is 1.29. The lowest BCUT2D eigenvalue weighted by atomic mass is 9.88. The summed E-state index contributed by atoms with van der Waals surface area (Å²) in [6, 6.07) is 5.17. The zero-order chi connectivity index (χ0) is 14.0. The average molecular weight is 264 g/mol. The fourth-order valence-electron chi connectivity index (χ4n) is 2.85. The Bertz CT molecular complexity index is 431. The molecule has 19 heavy (non-hydrogen) atoms. The van der Waals surface area contributed by atoms with Crippen LogP contribution in [0.5, 0.6) is 0 Å². The van der Waals surface area contributed by atoms with Gasteiger partial charge in [0.2, 0.25) is 0 Å². The Morgan fingerprint density at radius 3 is 2.74 bits per heavy atom. The van der Waals surface area contributed by atoms with Crippen molar-refractivity contribution in [2.75, 3.05) is 18.0 Å². The summed E-state index contributed by atoms with van der Waals surface area (Å²) in [6.45, 7) is 8.69. The molecular weight excluding hydrogens is 239 g/mol. The summed E-state index contributed by atoms with van der Waals surface area (Å²) in [7, 11) is 0. The van der Waals surface area contributed by atoms with Gasteiger partial charge in [0.25, 0.3) is 0 Å². The van der Waals surface area contributed by atoms with Crippen molar-refractivity contribution >= 4 is 5.69 Å². The van der Waals surface area contributed by atoms with Gasteiger partial charge in [0.1, 0.15) is 5.82 Å². The van der Waals surface area contributed by atoms with Crippen molar-refractivity contribution in [1.82, 2.24) is 0 Å². The van der Waals surface area contributed by atoms with Crippen LogP contribution in [0.1, 0.15) is 32.8 Å².